The zero-order valence-corrected chi connectivity index (χ0v) is 18.5. The fourth-order valence-electron chi connectivity index (χ4n) is 3.61. The predicted molar refractivity (Wildman–Crippen MR) is 116 cm³/mol. The lowest BCUT2D eigenvalue weighted by Crippen LogP contribution is -2.34. The molecule has 1 saturated heterocycles. The number of aryl methyl sites for hydroxylation is 1. The third-order valence-electron chi connectivity index (χ3n) is 5.04. The first kappa shape index (κ1) is 21.8. The molecule has 7 nitrogen and oxygen atoms in total. The van der Waals surface area contributed by atoms with Crippen LogP contribution >= 0.6 is 11.6 Å². The van der Waals surface area contributed by atoms with Gasteiger partial charge in [-0.3, -0.25) is 0 Å². The zero-order chi connectivity index (χ0) is 21.2. The van der Waals surface area contributed by atoms with Crippen molar-refractivity contribution in [3.05, 3.63) is 46.1 Å². The first-order valence-electron chi connectivity index (χ1n) is 9.58. The maximum absolute atomic E-state index is 11.6. The summed E-state index contributed by atoms with van der Waals surface area (Å²) in [6.07, 6.45) is 2.19. The van der Waals surface area contributed by atoms with E-state index < -0.39 is 9.84 Å². The SMILES string of the molecule is CC[C@@H]1COC[C@@H](c2ccc(CS(C)(=O)=O)cc2Cl)N(c2cc(C)nc(N)n2)C1. The van der Waals surface area contributed by atoms with Gasteiger partial charge < -0.3 is 15.4 Å². The average molecular weight is 439 g/mol. The van der Waals surface area contributed by atoms with Crippen LogP contribution in [0, 0.1) is 12.8 Å². The van der Waals surface area contributed by atoms with E-state index >= 15 is 0 Å². The second kappa shape index (κ2) is 8.85. The molecule has 0 amide bonds. The summed E-state index contributed by atoms with van der Waals surface area (Å²) in [6.45, 7) is 5.88. The molecule has 1 aliphatic rings. The van der Waals surface area contributed by atoms with Crippen LogP contribution in [0.4, 0.5) is 11.8 Å². The van der Waals surface area contributed by atoms with Gasteiger partial charge in [0.15, 0.2) is 9.84 Å². The van der Waals surface area contributed by atoms with Gasteiger partial charge in [0, 0.05) is 29.6 Å². The lowest BCUT2D eigenvalue weighted by Gasteiger charge is -2.33. The quantitative estimate of drug-likeness (QED) is 0.765. The van der Waals surface area contributed by atoms with Gasteiger partial charge in [0.05, 0.1) is 25.0 Å². The lowest BCUT2D eigenvalue weighted by atomic mass is 10.0. The monoisotopic (exact) mass is 438 g/mol. The number of anilines is 2. The van der Waals surface area contributed by atoms with Crippen LogP contribution in [0.2, 0.25) is 5.02 Å². The van der Waals surface area contributed by atoms with Crippen LogP contribution in [0.1, 0.15) is 36.2 Å². The van der Waals surface area contributed by atoms with Gasteiger partial charge in [-0.05, 0) is 36.5 Å². The van der Waals surface area contributed by atoms with Crippen LogP contribution in [0.5, 0.6) is 0 Å². The molecule has 0 bridgehead atoms. The average Bonchev–Trinajstić information content (AvgIpc) is 2.82. The number of nitrogens with zero attached hydrogens (tertiary/aromatic N) is 3. The molecule has 1 aliphatic heterocycles. The molecule has 29 heavy (non-hydrogen) atoms. The van der Waals surface area contributed by atoms with Gasteiger partial charge in [-0.2, -0.15) is 4.98 Å². The molecule has 0 saturated carbocycles. The van der Waals surface area contributed by atoms with E-state index in [0.717, 1.165) is 30.0 Å². The third kappa shape index (κ3) is 5.58. The molecule has 3 rings (SSSR count). The largest absolute Gasteiger partial charge is 0.379 e. The fourth-order valence-corrected chi connectivity index (χ4v) is 4.72. The van der Waals surface area contributed by atoms with E-state index in [1.165, 1.54) is 6.26 Å². The number of nitrogens with two attached hydrogens (primary N) is 1. The van der Waals surface area contributed by atoms with Crippen molar-refractivity contribution in [3.8, 4) is 0 Å². The van der Waals surface area contributed by atoms with Gasteiger partial charge in [-0.15, -0.1) is 0 Å². The van der Waals surface area contributed by atoms with E-state index in [4.69, 9.17) is 22.1 Å². The summed E-state index contributed by atoms with van der Waals surface area (Å²) in [6, 6.07) is 7.15. The number of ether oxygens (including phenoxy) is 1. The van der Waals surface area contributed by atoms with Crippen molar-refractivity contribution in [2.75, 3.05) is 36.6 Å². The van der Waals surface area contributed by atoms with Crippen molar-refractivity contribution in [3.63, 3.8) is 0 Å². The highest BCUT2D eigenvalue weighted by molar-refractivity contribution is 7.89. The predicted octanol–water partition coefficient (Wildman–Crippen LogP) is 3.17. The summed E-state index contributed by atoms with van der Waals surface area (Å²) >= 11 is 6.60. The molecule has 1 fully saturated rings. The number of benzene rings is 1. The summed E-state index contributed by atoms with van der Waals surface area (Å²) in [5, 5.41) is 0.512. The topological polar surface area (TPSA) is 98.4 Å². The number of aromatic nitrogens is 2. The van der Waals surface area contributed by atoms with Crippen LogP contribution in [0.3, 0.4) is 0 Å². The zero-order valence-electron chi connectivity index (χ0n) is 16.9. The maximum atomic E-state index is 11.6. The molecule has 0 radical (unpaired) electrons. The molecule has 2 atom stereocenters. The van der Waals surface area contributed by atoms with Crippen LogP contribution in [0.25, 0.3) is 0 Å². The number of rotatable bonds is 5. The highest BCUT2D eigenvalue weighted by Crippen LogP contribution is 2.35. The Labute approximate surface area is 177 Å². The normalized spacial score (nSPS) is 20.5. The first-order chi connectivity index (χ1) is 13.7. The molecule has 0 unspecified atom stereocenters. The summed E-state index contributed by atoms with van der Waals surface area (Å²) in [4.78, 5) is 10.8. The molecule has 1 aromatic carbocycles. The highest BCUT2D eigenvalue weighted by Gasteiger charge is 2.30. The molecular weight excluding hydrogens is 412 g/mol. The number of hydrogen-bond donors (Lipinski definition) is 1. The molecule has 2 aromatic rings. The summed E-state index contributed by atoms with van der Waals surface area (Å²) in [7, 11) is -3.14. The van der Waals surface area contributed by atoms with E-state index in [2.05, 4.69) is 21.8 Å². The van der Waals surface area contributed by atoms with Crippen molar-refractivity contribution in [1.29, 1.82) is 0 Å². The van der Waals surface area contributed by atoms with Gasteiger partial charge >= 0.3 is 0 Å². The fraction of sp³-hybridized carbons (Fsp3) is 0.500. The maximum Gasteiger partial charge on any atom is 0.222 e. The third-order valence-corrected chi connectivity index (χ3v) is 6.23. The minimum atomic E-state index is -3.14. The van der Waals surface area contributed by atoms with Gasteiger partial charge in [-0.1, -0.05) is 30.7 Å². The Kier molecular flexibility index (Phi) is 6.65. The molecular formula is C20H27ClN4O3S. The Morgan fingerprint density at radius 1 is 1.28 bits per heavy atom. The van der Waals surface area contributed by atoms with Gasteiger partial charge in [0.25, 0.3) is 0 Å². The standard InChI is InChI=1S/C20H27ClN4O3S/c1-4-14-9-25(19-7-13(2)23-20(22)24-19)18(11-28-10-14)16-6-5-15(8-17(16)21)12-29(3,26)27/h5-8,14,18H,4,9-12H2,1-3H3,(H2,22,23,24)/t14-,18-/m0/s1. The first-order valence-corrected chi connectivity index (χ1v) is 12.0. The van der Waals surface area contributed by atoms with Crippen molar-refractivity contribution in [1.82, 2.24) is 9.97 Å². The van der Waals surface area contributed by atoms with E-state index in [9.17, 15) is 8.42 Å². The Morgan fingerprint density at radius 3 is 2.66 bits per heavy atom. The van der Waals surface area contributed by atoms with Gasteiger partial charge in [0.1, 0.15) is 5.82 Å². The number of halogens is 1. The van der Waals surface area contributed by atoms with Crippen molar-refractivity contribution in [2.45, 2.75) is 32.1 Å². The Bertz CT molecular complexity index is 963. The van der Waals surface area contributed by atoms with E-state index in [1.54, 1.807) is 6.07 Å². The Morgan fingerprint density at radius 2 is 2.03 bits per heavy atom. The second-order valence-corrected chi connectivity index (χ2v) is 10.2. The highest BCUT2D eigenvalue weighted by atomic mass is 35.5. The van der Waals surface area contributed by atoms with Crippen LogP contribution in [-0.2, 0) is 20.3 Å². The van der Waals surface area contributed by atoms with Crippen LogP contribution < -0.4 is 10.6 Å². The molecule has 2 heterocycles. The number of nitrogen functional groups attached to an aromatic ring is 1. The molecule has 0 spiro atoms. The van der Waals surface area contributed by atoms with Crippen molar-refractivity contribution < 1.29 is 13.2 Å². The van der Waals surface area contributed by atoms with E-state index in [-0.39, 0.29) is 17.7 Å². The van der Waals surface area contributed by atoms with E-state index in [0.29, 0.717) is 29.7 Å². The van der Waals surface area contributed by atoms with Crippen LogP contribution in [0.15, 0.2) is 24.3 Å². The van der Waals surface area contributed by atoms with Crippen molar-refractivity contribution >= 4 is 33.2 Å². The number of hydrogen-bond acceptors (Lipinski definition) is 7. The molecule has 9 heteroatoms. The lowest BCUT2D eigenvalue weighted by molar-refractivity contribution is 0.109. The van der Waals surface area contributed by atoms with Gasteiger partial charge in [0.2, 0.25) is 5.95 Å². The smallest absolute Gasteiger partial charge is 0.222 e. The second-order valence-electron chi connectivity index (χ2n) is 7.63. The molecule has 0 aliphatic carbocycles. The molecule has 158 valence electrons. The summed E-state index contributed by atoms with van der Waals surface area (Å²) < 4.78 is 29.2. The van der Waals surface area contributed by atoms with Gasteiger partial charge in [-0.25, -0.2) is 13.4 Å². The summed E-state index contributed by atoms with van der Waals surface area (Å²) in [5.41, 5.74) is 8.23. The van der Waals surface area contributed by atoms with Crippen LogP contribution in [-0.4, -0.2) is 44.4 Å². The minimum absolute atomic E-state index is 0.0442. The number of sulfone groups is 1. The summed E-state index contributed by atoms with van der Waals surface area (Å²) in [5.74, 6) is 1.27. The molecule has 2 N–H and O–H groups in total. The molecule has 1 aromatic heterocycles. The van der Waals surface area contributed by atoms with E-state index in [1.807, 2.05) is 25.1 Å². The Balaban J connectivity index is 2.02. The van der Waals surface area contributed by atoms with Crippen molar-refractivity contribution in [2.24, 2.45) is 5.92 Å². The Hall–Kier alpha value is -1.90. The minimum Gasteiger partial charge on any atom is -0.379 e.